The normalized spacial score (nSPS) is 17.5. The Labute approximate surface area is 202 Å². The predicted octanol–water partition coefficient (Wildman–Crippen LogP) is 1.14. The van der Waals surface area contributed by atoms with Crippen molar-refractivity contribution < 1.29 is 42.3 Å². The van der Waals surface area contributed by atoms with Gasteiger partial charge >= 0.3 is 18.1 Å². The van der Waals surface area contributed by atoms with Crippen molar-refractivity contribution in [1.82, 2.24) is 20.4 Å². The van der Waals surface area contributed by atoms with Gasteiger partial charge in [-0.15, -0.1) is 0 Å². The standard InChI is InChI=1S/C22H35F3N4O6/c1-12(2)16(17(32)26-14(11-15(30)31)18(33)29-9-7-8-10-29)28(6)20(35)21(5,13(3)4)27-19(34)22(23,24)25/h12-14,16H,7-11H2,1-6H3,(H,26,32)(H,27,34)(H,30,31)/t14-,16?,21-/m0/s1. The van der Waals surface area contributed by atoms with E-state index in [0.29, 0.717) is 13.1 Å². The number of nitrogens with one attached hydrogen (secondary N) is 2. The van der Waals surface area contributed by atoms with Gasteiger partial charge in [0.1, 0.15) is 17.6 Å². The number of likely N-dealkylation sites (tertiary alicyclic amines) is 1. The van der Waals surface area contributed by atoms with Gasteiger partial charge in [-0.2, -0.15) is 13.2 Å². The van der Waals surface area contributed by atoms with E-state index in [4.69, 9.17) is 0 Å². The van der Waals surface area contributed by atoms with Crippen molar-refractivity contribution in [1.29, 1.82) is 0 Å². The Hall–Kier alpha value is -2.86. The molecule has 0 aromatic heterocycles. The number of carboxylic acid groups (broad SMARTS) is 1. The average Bonchev–Trinajstić information content (AvgIpc) is 3.25. The molecule has 3 atom stereocenters. The lowest BCUT2D eigenvalue weighted by Gasteiger charge is -2.40. The van der Waals surface area contributed by atoms with Gasteiger partial charge < -0.3 is 25.5 Å². The van der Waals surface area contributed by atoms with Gasteiger partial charge in [-0.05, 0) is 31.6 Å². The van der Waals surface area contributed by atoms with Crippen LogP contribution in [-0.2, 0) is 24.0 Å². The molecule has 0 radical (unpaired) electrons. The van der Waals surface area contributed by atoms with Gasteiger partial charge in [0.25, 0.3) is 0 Å². The predicted molar refractivity (Wildman–Crippen MR) is 119 cm³/mol. The summed E-state index contributed by atoms with van der Waals surface area (Å²) in [4.78, 5) is 64.6. The number of hydrogen-bond acceptors (Lipinski definition) is 5. The Balaban J connectivity index is 3.20. The first-order chi connectivity index (χ1) is 15.9. The summed E-state index contributed by atoms with van der Waals surface area (Å²) < 4.78 is 38.7. The molecule has 1 fully saturated rings. The summed E-state index contributed by atoms with van der Waals surface area (Å²) in [6.45, 7) is 8.08. The zero-order chi connectivity index (χ0) is 27.3. The van der Waals surface area contributed by atoms with Crippen molar-refractivity contribution in [3.05, 3.63) is 0 Å². The summed E-state index contributed by atoms with van der Waals surface area (Å²) in [6.07, 6.45) is -4.38. The van der Waals surface area contributed by atoms with Crippen LogP contribution in [0.5, 0.6) is 0 Å². The van der Waals surface area contributed by atoms with E-state index >= 15 is 0 Å². The SMILES string of the molecule is CC(C)C(C(=O)N[C@@H](CC(=O)O)C(=O)N1CCCC1)N(C)C(=O)[C@@](C)(NC(=O)C(F)(F)F)C(C)C. The molecule has 1 aliphatic rings. The maximum atomic E-state index is 13.3. The van der Waals surface area contributed by atoms with Crippen molar-refractivity contribution in [3.63, 3.8) is 0 Å². The molecule has 1 unspecified atom stereocenters. The quantitative estimate of drug-likeness (QED) is 0.405. The molecule has 35 heavy (non-hydrogen) atoms. The number of halogens is 3. The van der Waals surface area contributed by atoms with Crippen molar-refractivity contribution in [3.8, 4) is 0 Å². The fraction of sp³-hybridized carbons (Fsp3) is 0.773. The molecule has 0 saturated carbocycles. The lowest BCUT2D eigenvalue weighted by molar-refractivity contribution is -0.177. The minimum Gasteiger partial charge on any atom is -0.481 e. The first-order valence-electron chi connectivity index (χ1n) is 11.4. The van der Waals surface area contributed by atoms with Crippen LogP contribution in [0.15, 0.2) is 0 Å². The van der Waals surface area contributed by atoms with E-state index in [9.17, 15) is 42.3 Å². The summed E-state index contributed by atoms with van der Waals surface area (Å²) in [6, 6.07) is -2.63. The molecule has 13 heteroatoms. The minimum atomic E-state index is -5.22. The topological polar surface area (TPSA) is 136 Å². The van der Waals surface area contributed by atoms with Crippen molar-refractivity contribution in [2.75, 3.05) is 20.1 Å². The van der Waals surface area contributed by atoms with Gasteiger partial charge in [0, 0.05) is 20.1 Å². The largest absolute Gasteiger partial charge is 0.481 e. The second-order valence-corrected chi connectivity index (χ2v) is 9.61. The zero-order valence-corrected chi connectivity index (χ0v) is 20.9. The number of hydrogen-bond donors (Lipinski definition) is 3. The Bertz CT molecular complexity index is 826. The van der Waals surface area contributed by atoms with Gasteiger partial charge in [0.15, 0.2) is 0 Å². The van der Waals surface area contributed by atoms with Crippen molar-refractivity contribution >= 4 is 29.6 Å². The number of likely N-dealkylation sites (N-methyl/N-ethyl adjacent to an activating group) is 1. The van der Waals surface area contributed by atoms with E-state index in [2.05, 4.69) is 5.32 Å². The Morgan fingerprint density at radius 2 is 1.54 bits per heavy atom. The number of carboxylic acids is 1. The summed E-state index contributed by atoms with van der Waals surface area (Å²) in [7, 11) is 1.21. The molecule has 0 aliphatic carbocycles. The highest BCUT2D eigenvalue weighted by Gasteiger charge is 2.49. The van der Waals surface area contributed by atoms with Crippen LogP contribution in [0.2, 0.25) is 0 Å². The summed E-state index contributed by atoms with van der Waals surface area (Å²) >= 11 is 0. The van der Waals surface area contributed by atoms with E-state index in [1.54, 1.807) is 19.2 Å². The van der Waals surface area contributed by atoms with E-state index in [1.807, 2.05) is 0 Å². The molecule has 1 heterocycles. The van der Waals surface area contributed by atoms with Gasteiger partial charge in [0.05, 0.1) is 6.42 Å². The third-order valence-corrected chi connectivity index (χ3v) is 6.28. The minimum absolute atomic E-state index is 0.433. The highest BCUT2D eigenvalue weighted by molar-refractivity contribution is 5.97. The van der Waals surface area contributed by atoms with Crippen LogP contribution in [-0.4, -0.2) is 88.4 Å². The fourth-order valence-electron chi connectivity index (χ4n) is 3.96. The second kappa shape index (κ2) is 11.7. The molecular weight excluding hydrogens is 473 g/mol. The Kier molecular flexibility index (Phi) is 10.1. The molecule has 0 aromatic rings. The smallest absolute Gasteiger partial charge is 0.471 e. The third-order valence-electron chi connectivity index (χ3n) is 6.28. The summed E-state index contributed by atoms with van der Waals surface area (Å²) in [5, 5.41) is 13.4. The van der Waals surface area contributed by atoms with Crippen molar-refractivity contribution in [2.24, 2.45) is 11.8 Å². The molecule has 1 aliphatic heterocycles. The van der Waals surface area contributed by atoms with E-state index in [0.717, 1.165) is 24.7 Å². The number of aliphatic carboxylic acids is 1. The first-order valence-corrected chi connectivity index (χ1v) is 11.4. The van der Waals surface area contributed by atoms with E-state index < -0.39 is 71.7 Å². The molecule has 0 spiro atoms. The van der Waals surface area contributed by atoms with Gasteiger partial charge in [-0.25, -0.2) is 0 Å². The van der Waals surface area contributed by atoms with Crippen LogP contribution in [0.4, 0.5) is 13.2 Å². The summed E-state index contributed by atoms with van der Waals surface area (Å²) in [5.41, 5.74) is -2.00. The maximum Gasteiger partial charge on any atom is 0.471 e. The lowest BCUT2D eigenvalue weighted by atomic mass is 9.85. The Morgan fingerprint density at radius 3 is 1.94 bits per heavy atom. The van der Waals surface area contributed by atoms with E-state index in [1.165, 1.54) is 25.8 Å². The summed E-state index contributed by atoms with van der Waals surface area (Å²) in [5.74, 6) is -7.28. The van der Waals surface area contributed by atoms with Crippen LogP contribution < -0.4 is 10.6 Å². The fourth-order valence-corrected chi connectivity index (χ4v) is 3.96. The molecule has 3 N–H and O–H groups in total. The molecule has 1 saturated heterocycles. The zero-order valence-electron chi connectivity index (χ0n) is 20.9. The lowest BCUT2D eigenvalue weighted by Crippen LogP contribution is -2.65. The highest BCUT2D eigenvalue weighted by atomic mass is 19.4. The van der Waals surface area contributed by atoms with Gasteiger partial charge in [0.2, 0.25) is 17.7 Å². The molecule has 200 valence electrons. The van der Waals surface area contributed by atoms with Crippen LogP contribution in [0, 0.1) is 11.8 Å². The molecule has 1 rings (SSSR count). The highest BCUT2D eigenvalue weighted by Crippen LogP contribution is 2.25. The van der Waals surface area contributed by atoms with Crippen LogP contribution >= 0.6 is 0 Å². The monoisotopic (exact) mass is 508 g/mol. The van der Waals surface area contributed by atoms with Crippen LogP contribution in [0.3, 0.4) is 0 Å². The number of nitrogens with zero attached hydrogens (tertiary/aromatic N) is 2. The van der Waals surface area contributed by atoms with E-state index in [-0.39, 0.29) is 0 Å². The first kappa shape index (κ1) is 30.2. The number of carbonyl (C=O) groups is 5. The number of amides is 4. The third kappa shape index (κ3) is 7.56. The van der Waals surface area contributed by atoms with Crippen molar-refractivity contribution in [2.45, 2.75) is 77.7 Å². The number of rotatable bonds is 10. The molecule has 10 nitrogen and oxygen atoms in total. The van der Waals surface area contributed by atoms with Gasteiger partial charge in [-0.3, -0.25) is 24.0 Å². The molecule has 4 amide bonds. The van der Waals surface area contributed by atoms with Crippen LogP contribution in [0.25, 0.3) is 0 Å². The molecule has 0 aromatic carbocycles. The van der Waals surface area contributed by atoms with Gasteiger partial charge in [-0.1, -0.05) is 27.7 Å². The average molecular weight is 509 g/mol. The molecular formula is C22H35F3N4O6. The number of carbonyl (C=O) groups excluding carboxylic acids is 4. The molecule has 0 bridgehead atoms. The number of alkyl halides is 3. The second-order valence-electron chi connectivity index (χ2n) is 9.61. The van der Waals surface area contributed by atoms with Crippen LogP contribution in [0.1, 0.15) is 53.9 Å². The maximum absolute atomic E-state index is 13.3. The Morgan fingerprint density at radius 1 is 1.03 bits per heavy atom.